The van der Waals surface area contributed by atoms with Gasteiger partial charge in [-0.05, 0) is 24.1 Å². The summed E-state index contributed by atoms with van der Waals surface area (Å²) < 4.78 is 5.17. The summed E-state index contributed by atoms with van der Waals surface area (Å²) in [6.45, 7) is 4.13. The van der Waals surface area contributed by atoms with Gasteiger partial charge in [0.15, 0.2) is 5.17 Å². The third-order valence-electron chi connectivity index (χ3n) is 3.47. The highest BCUT2D eigenvalue weighted by Crippen LogP contribution is 2.29. The molecule has 1 aliphatic heterocycles. The molecule has 1 aromatic heterocycles. The molecular formula is C18H17N3O2S. The van der Waals surface area contributed by atoms with Crippen molar-refractivity contribution in [2.75, 3.05) is 6.54 Å². The average Bonchev–Trinajstić information content (AvgIpc) is 3.20. The summed E-state index contributed by atoms with van der Waals surface area (Å²) in [6.07, 6.45) is 5.45. The molecule has 2 aromatic rings. The molecule has 1 unspecified atom stereocenters. The third kappa shape index (κ3) is 3.83. The van der Waals surface area contributed by atoms with Crippen LogP contribution < -0.4 is 0 Å². The van der Waals surface area contributed by atoms with Crippen LogP contribution in [0.3, 0.4) is 0 Å². The first-order valence-corrected chi connectivity index (χ1v) is 8.43. The number of amidine groups is 1. The number of hydrogen-bond donors (Lipinski definition) is 0. The molecule has 1 aromatic carbocycles. The zero-order valence-electron chi connectivity index (χ0n) is 13.0. The molecule has 0 N–H and O–H groups in total. The van der Waals surface area contributed by atoms with Crippen LogP contribution in [0.2, 0.25) is 0 Å². The van der Waals surface area contributed by atoms with E-state index in [-0.39, 0.29) is 11.2 Å². The monoisotopic (exact) mass is 339 g/mol. The van der Waals surface area contributed by atoms with Crippen molar-refractivity contribution in [3.8, 4) is 0 Å². The van der Waals surface area contributed by atoms with Gasteiger partial charge in [0.25, 0.3) is 0 Å². The molecule has 1 atom stereocenters. The van der Waals surface area contributed by atoms with E-state index in [0.717, 1.165) is 5.56 Å². The smallest absolute Gasteiger partial charge is 0.242 e. The minimum Gasteiger partial charge on any atom is -0.463 e. The Bertz CT molecular complexity index is 754. The maximum absolute atomic E-state index is 12.6. The minimum atomic E-state index is -0.190. The van der Waals surface area contributed by atoms with Crippen molar-refractivity contribution in [1.29, 1.82) is 0 Å². The Labute approximate surface area is 144 Å². The molecule has 5 nitrogen and oxygen atoms in total. The lowest BCUT2D eigenvalue weighted by atomic mass is 10.1. The second kappa shape index (κ2) is 7.79. The number of thioether (sulfide) groups is 1. The molecular weight excluding hydrogens is 322 g/mol. The maximum Gasteiger partial charge on any atom is 0.242 e. The predicted molar refractivity (Wildman–Crippen MR) is 97.2 cm³/mol. The van der Waals surface area contributed by atoms with E-state index in [4.69, 9.17) is 4.42 Å². The largest absolute Gasteiger partial charge is 0.463 e. The van der Waals surface area contributed by atoms with E-state index in [1.807, 2.05) is 30.3 Å². The van der Waals surface area contributed by atoms with E-state index in [9.17, 15) is 4.79 Å². The molecule has 1 aliphatic rings. The Morgan fingerprint density at radius 3 is 2.79 bits per heavy atom. The molecule has 1 amide bonds. The molecule has 122 valence electrons. The lowest BCUT2D eigenvalue weighted by molar-refractivity contribution is -0.125. The van der Waals surface area contributed by atoms with Gasteiger partial charge in [0.05, 0.1) is 17.7 Å². The predicted octanol–water partition coefficient (Wildman–Crippen LogP) is 3.34. The van der Waals surface area contributed by atoms with Gasteiger partial charge in [0, 0.05) is 6.54 Å². The molecule has 1 fully saturated rings. The average molecular weight is 339 g/mol. The Kier molecular flexibility index (Phi) is 5.28. The number of nitrogens with zero attached hydrogens (tertiary/aromatic N) is 3. The van der Waals surface area contributed by atoms with E-state index in [0.29, 0.717) is 23.9 Å². The first-order chi connectivity index (χ1) is 11.8. The van der Waals surface area contributed by atoms with E-state index < -0.39 is 0 Å². The van der Waals surface area contributed by atoms with E-state index >= 15 is 0 Å². The molecule has 6 heteroatoms. The zero-order valence-corrected chi connectivity index (χ0v) is 13.9. The number of carbonyl (C=O) groups is 1. The molecule has 1 saturated heterocycles. The number of furan rings is 1. The summed E-state index contributed by atoms with van der Waals surface area (Å²) in [5.41, 5.74) is 1.13. The van der Waals surface area contributed by atoms with Crippen molar-refractivity contribution < 1.29 is 9.21 Å². The van der Waals surface area contributed by atoms with Crippen LogP contribution in [0.4, 0.5) is 0 Å². The Morgan fingerprint density at radius 2 is 2.08 bits per heavy atom. The number of hydrogen-bond acceptors (Lipinski definition) is 5. The summed E-state index contributed by atoms with van der Waals surface area (Å²) in [5, 5.41) is 8.61. The van der Waals surface area contributed by atoms with Crippen LogP contribution in [0.5, 0.6) is 0 Å². The molecule has 0 radical (unpaired) electrons. The molecule has 24 heavy (non-hydrogen) atoms. The topological polar surface area (TPSA) is 58.2 Å². The second-order valence-electron chi connectivity index (χ2n) is 5.18. The Morgan fingerprint density at radius 1 is 1.25 bits per heavy atom. The van der Waals surface area contributed by atoms with Crippen LogP contribution in [-0.2, 0) is 11.2 Å². The van der Waals surface area contributed by atoms with Crippen LogP contribution in [0.1, 0.15) is 11.3 Å². The van der Waals surface area contributed by atoms with Crippen LogP contribution in [-0.4, -0.2) is 34.0 Å². The standard InChI is InChI=1S/C18H17N3O2S/c1-2-10-21-17(22)16(12-14-7-4-3-5-8-14)24-18(21)20-19-13-15-9-6-11-23-15/h2-9,11,13,16H,1,10,12H2. The van der Waals surface area contributed by atoms with Crippen molar-refractivity contribution in [2.24, 2.45) is 10.2 Å². The minimum absolute atomic E-state index is 0.0377. The quantitative estimate of drug-likeness (QED) is 0.461. The molecule has 0 aliphatic carbocycles. The number of rotatable bonds is 6. The van der Waals surface area contributed by atoms with Crippen molar-refractivity contribution in [1.82, 2.24) is 4.90 Å². The van der Waals surface area contributed by atoms with Gasteiger partial charge < -0.3 is 4.42 Å². The fourth-order valence-electron chi connectivity index (χ4n) is 2.34. The normalized spacial score (nSPS) is 19.5. The summed E-state index contributed by atoms with van der Waals surface area (Å²) >= 11 is 1.43. The highest BCUT2D eigenvalue weighted by atomic mass is 32.2. The summed E-state index contributed by atoms with van der Waals surface area (Å²) in [7, 11) is 0. The summed E-state index contributed by atoms with van der Waals surface area (Å²) in [4.78, 5) is 14.2. The molecule has 0 bridgehead atoms. The number of benzene rings is 1. The summed E-state index contributed by atoms with van der Waals surface area (Å²) in [5.74, 6) is 0.653. The van der Waals surface area contributed by atoms with E-state index in [2.05, 4.69) is 16.8 Å². The summed E-state index contributed by atoms with van der Waals surface area (Å²) in [6, 6.07) is 13.5. The molecule has 0 saturated carbocycles. The van der Waals surface area contributed by atoms with Gasteiger partial charge in [-0.2, -0.15) is 5.10 Å². The van der Waals surface area contributed by atoms with Crippen LogP contribution in [0, 0.1) is 0 Å². The third-order valence-corrected chi connectivity index (χ3v) is 4.63. The van der Waals surface area contributed by atoms with E-state index in [1.165, 1.54) is 18.0 Å². The number of amides is 1. The molecule has 3 rings (SSSR count). The fourth-order valence-corrected chi connectivity index (χ4v) is 3.49. The van der Waals surface area contributed by atoms with Crippen molar-refractivity contribution in [2.45, 2.75) is 11.7 Å². The van der Waals surface area contributed by atoms with Gasteiger partial charge in [-0.25, -0.2) is 0 Å². The van der Waals surface area contributed by atoms with Gasteiger partial charge in [-0.15, -0.1) is 11.7 Å². The maximum atomic E-state index is 12.6. The van der Waals surface area contributed by atoms with Crippen molar-refractivity contribution >= 4 is 29.1 Å². The number of carbonyl (C=O) groups excluding carboxylic acids is 1. The molecule has 0 spiro atoms. The lowest BCUT2D eigenvalue weighted by Gasteiger charge is -2.12. The van der Waals surface area contributed by atoms with Crippen molar-refractivity contribution in [3.63, 3.8) is 0 Å². The van der Waals surface area contributed by atoms with Crippen LogP contribution in [0.25, 0.3) is 0 Å². The second-order valence-corrected chi connectivity index (χ2v) is 6.35. The van der Waals surface area contributed by atoms with Gasteiger partial charge in [0.1, 0.15) is 5.76 Å². The SMILES string of the molecule is C=CCN1C(=O)C(Cc2ccccc2)SC1=NN=Cc1ccco1. The fraction of sp³-hybridized carbons (Fsp3) is 0.167. The van der Waals surface area contributed by atoms with Gasteiger partial charge >= 0.3 is 0 Å². The van der Waals surface area contributed by atoms with Crippen LogP contribution in [0.15, 0.2) is 76.0 Å². The Balaban J connectivity index is 1.75. The highest BCUT2D eigenvalue weighted by molar-refractivity contribution is 8.15. The van der Waals surface area contributed by atoms with Crippen LogP contribution >= 0.6 is 11.8 Å². The van der Waals surface area contributed by atoms with E-state index in [1.54, 1.807) is 29.4 Å². The van der Waals surface area contributed by atoms with Gasteiger partial charge in [0.2, 0.25) is 5.91 Å². The molecule has 2 heterocycles. The van der Waals surface area contributed by atoms with Gasteiger partial charge in [-0.1, -0.05) is 48.2 Å². The van der Waals surface area contributed by atoms with Gasteiger partial charge in [-0.3, -0.25) is 9.69 Å². The lowest BCUT2D eigenvalue weighted by Crippen LogP contribution is -2.32. The Hall–Kier alpha value is -2.60. The first kappa shape index (κ1) is 16.3. The zero-order chi connectivity index (χ0) is 16.8. The first-order valence-electron chi connectivity index (χ1n) is 7.55. The van der Waals surface area contributed by atoms with Crippen molar-refractivity contribution in [3.05, 3.63) is 72.7 Å². The highest BCUT2D eigenvalue weighted by Gasteiger charge is 2.37.